The first kappa shape index (κ1) is 9.44. The van der Waals surface area contributed by atoms with E-state index >= 15 is 0 Å². The van der Waals surface area contributed by atoms with Crippen LogP contribution in [0.15, 0.2) is 43.0 Å². The first-order chi connectivity index (χ1) is 6.90. The van der Waals surface area contributed by atoms with Crippen LogP contribution in [0.1, 0.15) is 5.56 Å². The lowest BCUT2D eigenvalue weighted by Gasteiger charge is -2.01. The zero-order chi connectivity index (χ0) is 9.80. The lowest BCUT2D eigenvalue weighted by Crippen LogP contribution is -2.03. The summed E-state index contributed by atoms with van der Waals surface area (Å²) >= 11 is 0. The zero-order valence-electron chi connectivity index (χ0n) is 8.06. The summed E-state index contributed by atoms with van der Waals surface area (Å²) in [6.45, 7) is 4.97. The maximum Gasteiger partial charge on any atom is 0.111 e. The molecular formula is C12H14O2. The molecule has 1 heterocycles. The third-order valence-corrected chi connectivity index (χ3v) is 2.25. The van der Waals surface area contributed by atoms with Crippen LogP contribution < -0.4 is 0 Å². The lowest BCUT2D eigenvalue weighted by molar-refractivity contribution is 0.104. The van der Waals surface area contributed by atoms with Gasteiger partial charge in [0, 0.05) is 0 Å². The number of epoxide rings is 1. The SMILES string of the molecule is C=CC1OC1COCc1ccccc1. The van der Waals surface area contributed by atoms with Gasteiger partial charge in [0.25, 0.3) is 0 Å². The summed E-state index contributed by atoms with van der Waals surface area (Å²) in [6, 6.07) is 10.1. The molecule has 0 bridgehead atoms. The summed E-state index contributed by atoms with van der Waals surface area (Å²) < 4.78 is 10.8. The summed E-state index contributed by atoms with van der Waals surface area (Å²) in [6.07, 6.45) is 2.26. The van der Waals surface area contributed by atoms with Crippen molar-refractivity contribution in [1.29, 1.82) is 0 Å². The predicted octanol–water partition coefficient (Wildman–Crippen LogP) is 2.16. The molecule has 0 aliphatic carbocycles. The largest absolute Gasteiger partial charge is 0.374 e. The number of hydrogen-bond donors (Lipinski definition) is 0. The van der Waals surface area contributed by atoms with E-state index in [1.165, 1.54) is 5.56 Å². The molecule has 0 amide bonds. The van der Waals surface area contributed by atoms with Crippen molar-refractivity contribution in [2.24, 2.45) is 0 Å². The van der Waals surface area contributed by atoms with E-state index in [1.54, 1.807) is 0 Å². The topological polar surface area (TPSA) is 21.8 Å². The Morgan fingerprint density at radius 2 is 2.14 bits per heavy atom. The van der Waals surface area contributed by atoms with Gasteiger partial charge in [0.1, 0.15) is 12.2 Å². The van der Waals surface area contributed by atoms with Crippen molar-refractivity contribution in [3.63, 3.8) is 0 Å². The van der Waals surface area contributed by atoms with Gasteiger partial charge in [-0.2, -0.15) is 0 Å². The molecule has 1 aliphatic rings. The van der Waals surface area contributed by atoms with Gasteiger partial charge in [-0.25, -0.2) is 0 Å². The van der Waals surface area contributed by atoms with Crippen LogP contribution in [0.3, 0.4) is 0 Å². The van der Waals surface area contributed by atoms with Crippen molar-refractivity contribution in [2.45, 2.75) is 18.8 Å². The van der Waals surface area contributed by atoms with Gasteiger partial charge in [-0.3, -0.25) is 0 Å². The fourth-order valence-electron chi connectivity index (χ4n) is 1.37. The predicted molar refractivity (Wildman–Crippen MR) is 55.0 cm³/mol. The molecule has 2 rings (SSSR count). The standard InChI is InChI=1S/C12H14O2/c1-2-11-12(14-11)9-13-8-10-6-4-3-5-7-10/h2-7,11-12H,1,8-9H2. The van der Waals surface area contributed by atoms with Gasteiger partial charge in [0.15, 0.2) is 0 Å². The monoisotopic (exact) mass is 190 g/mol. The molecule has 0 saturated carbocycles. The summed E-state index contributed by atoms with van der Waals surface area (Å²) in [5, 5.41) is 0. The molecule has 1 saturated heterocycles. The third-order valence-electron chi connectivity index (χ3n) is 2.25. The van der Waals surface area contributed by atoms with Crippen molar-refractivity contribution in [3.05, 3.63) is 48.6 Å². The highest BCUT2D eigenvalue weighted by Gasteiger charge is 2.35. The van der Waals surface area contributed by atoms with Crippen molar-refractivity contribution in [3.8, 4) is 0 Å². The molecule has 2 heteroatoms. The molecular weight excluding hydrogens is 176 g/mol. The van der Waals surface area contributed by atoms with Gasteiger partial charge in [-0.05, 0) is 5.56 Å². The van der Waals surface area contributed by atoms with E-state index in [9.17, 15) is 0 Å². The van der Waals surface area contributed by atoms with E-state index in [2.05, 4.69) is 18.7 Å². The Balaban J connectivity index is 1.67. The van der Waals surface area contributed by atoms with Crippen LogP contribution in [-0.4, -0.2) is 18.8 Å². The second-order valence-electron chi connectivity index (χ2n) is 3.38. The number of benzene rings is 1. The quantitative estimate of drug-likeness (QED) is 0.524. The third kappa shape index (κ3) is 2.44. The molecule has 1 aliphatic heterocycles. The van der Waals surface area contributed by atoms with Crippen molar-refractivity contribution >= 4 is 0 Å². The Hall–Kier alpha value is -1.12. The van der Waals surface area contributed by atoms with E-state index in [0.29, 0.717) is 13.2 Å². The maximum absolute atomic E-state index is 5.50. The Morgan fingerprint density at radius 1 is 1.36 bits per heavy atom. The molecule has 1 aromatic rings. The minimum Gasteiger partial charge on any atom is -0.374 e. The summed E-state index contributed by atoms with van der Waals surface area (Å²) in [7, 11) is 0. The average molecular weight is 190 g/mol. The molecule has 2 unspecified atom stereocenters. The Labute approximate surface area is 84.2 Å². The highest BCUT2D eigenvalue weighted by molar-refractivity contribution is 5.13. The van der Waals surface area contributed by atoms with Crippen LogP contribution in [0.5, 0.6) is 0 Å². The Kier molecular flexibility index (Phi) is 2.96. The summed E-state index contributed by atoms with van der Waals surface area (Å²) in [5.74, 6) is 0. The van der Waals surface area contributed by atoms with Crippen LogP contribution in [0.2, 0.25) is 0 Å². The molecule has 0 spiro atoms. The highest BCUT2D eigenvalue weighted by Crippen LogP contribution is 2.22. The fourth-order valence-corrected chi connectivity index (χ4v) is 1.37. The second kappa shape index (κ2) is 4.40. The molecule has 1 aromatic carbocycles. The van der Waals surface area contributed by atoms with Gasteiger partial charge in [0.2, 0.25) is 0 Å². The number of ether oxygens (including phenoxy) is 2. The van der Waals surface area contributed by atoms with E-state index in [-0.39, 0.29) is 12.2 Å². The van der Waals surface area contributed by atoms with E-state index < -0.39 is 0 Å². The molecule has 14 heavy (non-hydrogen) atoms. The van der Waals surface area contributed by atoms with E-state index in [4.69, 9.17) is 9.47 Å². The molecule has 2 atom stereocenters. The number of hydrogen-bond acceptors (Lipinski definition) is 2. The lowest BCUT2D eigenvalue weighted by atomic mass is 10.2. The summed E-state index contributed by atoms with van der Waals surface area (Å²) in [5.41, 5.74) is 1.20. The van der Waals surface area contributed by atoms with Gasteiger partial charge in [-0.15, -0.1) is 6.58 Å². The number of rotatable bonds is 5. The molecule has 74 valence electrons. The van der Waals surface area contributed by atoms with Crippen LogP contribution >= 0.6 is 0 Å². The van der Waals surface area contributed by atoms with E-state index in [1.807, 2.05) is 24.3 Å². The maximum atomic E-state index is 5.50. The fraction of sp³-hybridized carbons (Fsp3) is 0.333. The van der Waals surface area contributed by atoms with Gasteiger partial charge >= 0.3 is 0 Å². The Morgan fingerprint density at radius 3 is 2.79 bits per heavy atom. The first-order valence-electron chi connectivity index (χ1n) is 4.80. The van der Waals surface area contributed by atoms with Gasteiger partial charge in [0.05, 0.1) is 13.2 Å². The van der Waals surface area contributed by atoms with Crippen molar-refractivity contribution < 1.29 is 9.47 Å². The van der Waals surface area contributed by atoms with Crippen molar-refractivity contribution in [2.75, 3.05) is 6.61 Å². The van der Waals surface area contributed by atoms with E-state index in [0.717, 1.165) is 0 Å². The minimum absolute atomic E-state index is 0.214. The molecule has 0 aromatic heterocycles. The molecule has 0 radical (unpaired) electrons. The van der Waals surface area contributed by atoms with Crippen molar-refractivity contribution in [1.82, 2.24) is 0 Å². The average Bonchev–Trinajstić information content (AvgIpc) is 2.98. The molecule has 1 fully saturated rings. The minimum atomic E-state index is 0.214. The molecule has 0 N–H and O–H groups in total. The van der Waals surface area contributed by atoms with Gasteiger partial charge < -0.3 is 9.47 Å². The summed E-state index contributed by atoms with van der Waals surface area (Å²) in [4.78, 5) is 0. The van der Waals surface area contributed by atoms with Crippen LogP contribution in [0.25, 0.3) is 0 Å². The highest BCUT2D eigenvalue weighted by atomic mass is 16.6. The second-order valence-corrected chi connectivity index (χ2v) is 3.38. The molecule has 2 nitrogen and oxygen atoms in total. The zero-order valence-corrected chi connectivity index (χ0v) is 8.06. The first-order valence-corrected chi connectivity index (χ1v) is 4.80. The van der Waals surface area contributed by atoms with Crippen LogP contribution in [0, 0.1) is 0 Å². The normalized spacial score (nSPS) is 24.6. The van der Waals surface area contributed by atoms with Gasteiger partial charge in [-0.1, -0.05) is 36.4 Å². The smallest absolute Gasteiger partial charge is 0.111 e. The van der Waals surface area contributed by atoms with Crippen LogP contribution in [-0.2, 0) is 16.1 Å². The Bertz CT molecular complexity index is 294. The van der Waals surface area contributed by atoms with Crippen LogP contribution in [0.4, 0.5) is 0 Å².